The van der Waals surface area contributed by atoms with E-state index in [0.29, 0.717) is 56.3 Å². The fraction of sp³-hybridized carbons (Fsp3) is 0.542. The first-order chi connectivity index (χ1) is 16.0. The lowest BCUT2D eigenvalue weighted by atomic mass is 9.76. The SMILES string of the molecule is CCOC(=O)C1CCN(C(=O)[C@@H]2[C@H]3C=C[C@]4(CN(c5ccc6c(c5)OCO6)C(=O)[C@@H]24)O3)CC1. The number of hydrogen-bond donors (Lipinski definition) is 0. The van der Waals surface area contributed by atoms with E-state index in [2.05, 4.69) is 0 Å². The van der Waals surface area contributed by atoms with Gasteiger partial charge in [-0.15, -0.1) is 0 Å². The maximum Gasteiger partial charge on any atom is 0.309 e. The van der Waals surface area contributed by atoms with E-state index in [1.54, 1.807) is 28.9 Å². The lowest BCUT2D eigenvalue weighted by Crippen LogP contribution is -2.49. The lowest BCUT2D eigenvalue weighted by molar-refractivity contribution is -0.152. The number of benzene rings is 1. The highest BCUT2D eigenvalue weighted by Gasteiger charge is 2.67. The first-order valence-electron chi connectivity index (χ1n) is 11.5. The Hall–Kier alpha value is -3.07. The minimum atomic E-state index is -0.790. The Bertz CT molecular complexity index is 1050. The molecule has 0 radical (unpaired) electrons. The molecule has 2 bridgehead atoms. The largest absolute Gasteiger partial charge is 0.466 e. The standard InChI is InChI=1S/C24H26N2O7/c1-2-30-23(29)14-6-9-25(10-7-14)21(27)19-17-5-8-24(33-17)12-26(22(28)20(19)24)15-3-4-16-18(11-15)32-13-31-16/h3-5,8,11,14,17,19-20H,2,6-7,9-10,12-13H2,1H3/t17-,19-,20-,24-/m1/s1. The summed E-state index contributed by atoms with van der Waals surface area (Å²) in [6, 6.07) is 5.42. The zero-order valence-electron chi connectivity index (χ0n) is 18.4. The fourth-order valence-corrected chi connectivity index (χ4v) is 5.86. The van der Waals surface area contributed by atoms with Crippen LogP contribution in [-0.4, -0.2) is 67.4 Å². The van der Waals surface area contributed by atoms with Crippen molar-refractivity contribution in [1.82, 2.24) is 4.90 Å². The minimum Gasteiger partial charge on any atom is -0.466 e. The highest BCUT2D eigenvalue weighted by Crippen LogP contribution is 2.53. The van der Waals surface area contributed by atoms with Gasteiger partial charge in [-0.05, 0) is 31.9 Å². The zero-order valence-corrected chi connectivity index (χ0v) is 18.4. The van der Waals surface area contributed by atoms with Crippen molar-refractivity contribution in [2.75, 3.05) is 37.9 Å². The van der Waals surface area contributed by atoms with Gasteiger partial charge in [-0.25, -0.2) is 0 Å². The number of fused-ring (bicyclic) bond motifs is 2. The second kappa shape index (κ2) is 7.48. The zero-order chi connectivity index (χ0) is 22.7. The van der Waals surface area contributed by atoms with Crippen LogP contribution in [0.15, 0.2) is 30.4 Å². The van der Waals surface area contributed by atoms with Gasteiger partial charge in [0.25, 0.3) is 0 Å². The van der Waals surface area contributed by atoms with Crippen LogP contribution in [0.1, 0.15) is 19.8 Å². The topological polar surface area (TPSA) is 94.6 Å². The minimum absolute atomic E-state index is 0.0700. The third-order valence-corrected chi connectivity index (χ3v) is 7.48. The summed E-state index contributed by atoms with van der Waals surface area (Å²) in [5.41, 5.74) is -0.0863. The molecule has 174 valence electrons. The summed E-state index contributed by atoms with van der Waals surface area (Å²) in [4.78, 5) is 42.7. The van der Waals surface area contributed by atoms with Crippen LogP contribution < -0.4 is 14.4 Å². The monoisotopic (exact) mass is 454 g/mol. The fourth-order valence-electron chi connectivity index (χ4n) is 5.86. The van der Waals surface area contributed by atoms with E-state index < -0.39 is 23.5 Å². The van der Waals surface area contributed by atoms with Gasteiger partial charge in [-0.2, -0.15) is 0 Å². The second-order valence-electron chi connectivity index (χ2n) is 9.21. The van der Waals surface area contributed by atoms with Crippen LogP contribution in [0.4, 0.5) is 5.69 Å². The summed E-state index contributed by atoms with van der Waals surface area (Å²) in [6.45, 7) is 3.63. The van der Waals surface area contributed by atoms with Crippen LogP contribution in [0.3, 0.4) is 0 Å². The molecule has 9 nitrogen and oxygen atoms in total. The number of piperidine rings is 1. The smallest absolute Gasteiger partial charge is 0.309 e. The van der Waals surface area contributed by atoms with Gasteiger partial charge in [0.2, 0.25) is 18.6 Å². The number of rotatable bonds is 4. The van der Waals surface area contributed by atoms with Crippen LogP contribution in [0.5, 0.6) is 11.5 Å². The normalized spacial score (nSPS) is 31.9. The molecule has 6 rings (SSSR count). The van der Waals surface area contributed by atoms with E-state index in [9.17, 15) is 14.4 Å². The Morgan fingerprint density at radius 3 is 2.76 bits per heavy atom. The quantitative estimate of drug-likeness (QED) is 0.503. The Morgan fingerprint density at radius 1 is 1.18 bits per heavy atom. The van der Waals surface area contributed by atoms with E-state index >= 15 is 0 Å². The number of carbonyl (C=O) groups excluding carboxylic acids is 3. The molecule has 5 aliphatic rings. The number of anilines is 1. The first-order valence-corrected chi connectivity index (χ1v) is 11.5. The predicted octanol–water partition coefficient (Wildman–Crippen LogP) is 1.50. The number of likely N-dealkylation sites (tertiary alicyclic amines) is 1. The van der Waals surface area contributed by atoms with Gasteiger partial charge in [-0.3, -0.25) is 14.4 Å². The molecular weight excluding hydrogens is 428 g/mol. The van der Waals surface area contributed by atoms with Crippen molar-refractivity contribution >= 4 is 23.5 Å². The molecule has 1 aromatic carbocycles. The van der Waals surface area contributed by atoms with Crippen molar-refractivity contribution in [2.24, 2.45) is 17.8 Å². The molecule has 5 aliphatic heterocycles. The van der Waals surface area contributed by atoms with Gasteiger partial charge >= 0.3 is 5.97 Å². The summed E-state index contributed by atoms with van der Waals surface area (Å²) in [5, 5.41) is 0. The van der Waals surface area contributed by atoms with Crippen molar-refractivity contribution in [2.45, 2.75) is 31.5 Å². The van der Waals surface area contributed by atoms with Gasteiger partial charge in [0.1, 0.15) is 5.60 Å². The third kappa shape index (κ3) is 3.05. The van der Waals surface area contributed by atoms with E-state index in [4.69, 9.17) is 18.9 Å². The van der Waals surface area contributed by atoms with Crippen LogP contribution in [-0.2, 0) is 23.9 Å². The van der Waals surface area contributed by atoms with Crippen molar-refractivity contribution in [1.29, 1.82) is 0 Å². The molecule has 0 N–H and O–H groups in total. The number of nitrogens with zero attached hydrogens (tertiary/aromatic N) is 2. The summed E-state index contributed by atoms with van der Waals surface area (Å²) in [6.07, 6.45) is 4.62. The van der Waals surface area contributed by atoms with Crippen LogP contribution in [0.2, 0.25) is 0 Å². The first kappa shape index (κ1) is 20.5. The van der Waals surface area contributed by atoms with Crippen molar-refractivity contribution < 1.29 is 33.3 Å². The van der Waals surface area contributed by atoms with Crippen LogP contribution in [0.25, 0.3) is 0 Å². The molecule has 3 saturated heterocycles. The highest BCUT2D eigenvalue weighted by molar-refractivity contribution is 6.03. The molecule has 0 unspecified atom stereocenters. The number of carbonyl (C=O) groups is 3. The Morgan fingerprint density at radius 2 is 1.97 bits per heavy atom. The average molecular weight is 454 g/mol. The summed E-state index contributed by atoms with van der Waals surface area (Å²) in [7, 11) is 0. The van der Waals surface area contributed by atoms with Crippen LogP contribution in [0, 0.1) is 17.8 Å². The molecule has 0 saturated carbocycles. The molecule has 2 amide bonds. The Labute approximate surface area is 191 Å². The van der Waals surface area contributed by atoms with E-state index in [0.717, 1.165) is 0 Å². The van der Waals surface area contributed by atoms with Crippen LogP contribution >= 0.6 is 0 Å². The number of hydrogen-bond acceptors (Lipinski definition) is 7. The van der Waals surface area contributed by atoms with Gasteiger partial charge < -0.3 is 28.7 Å². The van der Waals surface area contributed by atoms with Gasteiger partial charge in [0, 0.05) is 24.8 Å². The number of ether oxygens (including phenoxy) is 4. The highest BCUT2D eigenvalue weighted by atomic mass is 16.7. The lowest BCUT2D eigenvalue weighted by Gasteiger charge is -2.34. The van der Waals surface area contributed by atoms with E-state index in [-0.39, 0.29) is 30.5 Å². The maximum absolute atomic E-state index is 13.6. The third-order valence-electron chi connectivity index (χ3n) is 7.48. The molecular formula is C24H26N2O7. The molecule has 1 aromatic rings. The van der Waals surface area contributed by atoms with Gasteiger partial charge in [0.15, 0.2) is 11.5 Å². The summed E-state index contributed by atoms with van der Waals surface area (Å²) >= 11 is 0. The summed E-state index contributed by atoms with van der Waals surface area (Å²) < 4.78 is 22.2. The second-order valence-corrected chi connectivity index (χ2v) is 9.21. The molecule has 3 fully saturated rings. The molecule has 5 heterocycles. The van der Waals surface area contributed by atoms with Gasteiger partial charge in [-0.1, -0.05) is 12.2 Å². The molecule has 33 heavy (non-hydrogen) atoms. The Balaban J connectivity index is 1.20. The summed E-state index contributed by atoms with van der Waals surface area (Å²) in [5.74, 6) is -0.409. The van der Waals surface area contributed by atoms with E-state index in [1.165, 1.54) is 0 Å². The molecule has 9 heteroatoms. The average Bonchev–Trinajstić information content (AvgIpc) is 3.59. The van der Waals surface area contributed by atoms with Crippen molar-refractivity contribution in [3.8, 4) is 11.5 Å². The maximum atomic E-state index is 13.6. The molecule has 1 spiro atoms. The Kier molecular flexibility index (Phi) is 4.65. The van der Waals surface area contributed by atoms with Crippen molar-refractivity contribution in [3.05, 3.63) is 30.4 Å². The van der Waals surface area contributed by atoms with E-state index in [1.807, 2.05) is 18.2 Å². The van der Waals surface area contributed by atoms with Gasteiger partial charge in [0.05, 0.1) is 37.0 Å². The molecule has 4 atom stereocenters. The predicted molar refractivity (Wildman–Crippen MR) is 115 cm³/mol. The number of amides is 2. The van der Waals surface area contributed by atoms with Crippen molar-refractivity contribution in [3.63, 3.8) is 0 Å². The molecule has 0 aliphatic carbocycles. The number of esters is 1. The molecule has 0 aromatic heterocycles.